The molecule has 4 N–H and O–H groups in total. The van der Waals surface area contributed by atoms with E-state index < -0.39 is 10.0 Å². The summed E-state index contributed by atoms with van der Waals surface area (Å²) < 4.78 is 24.2. The molecule has 0 spiro atoms. The van der Waals surface area contributed by atoms with Crippen LogP contribution >= 0.6 is 0 Å². The molecule has 0 saturated carbocycles. The standard InChI is InChI=1S/C11H21N5O2S/c1-11(2,3)10-15-8(12)7-9(16-10)13-5-6-14-19(4,17)18/h7,14H,5-6H2,1-4H3,(H3,12,13,15,16). The minimum Gasteiger partial charge on any atom is -0.384 e. The summed E-state index contributed by atoms with van der Waals surface area (Å²) in [6.45, 7) is 6.70. The summed E-state index contributed by atoms with van der Waals surface area (Å²) in [7, 11) is -3.17. The number of nitrogens with zero attached hydrogens (tertiary/aromatic N) is 2. The summed E-state index contributed by atoms with van der Waals surface area (Å²) in [5.74, 6) is 1.62. The number of hydrogen-bond acceptors (Lipinski definition) is 6. The molecule has 1 heterocycles. The van der Waals surface area contributed by atoms with Crippen LogP contribution in [0.2, 0.25) is 0 Å². The molecular weight excluding hydrogens is 266 g/mol. The molecular formula is C11H21N5O2S. The Morgan fingerprint density at radius 2 is 1.89 bits per heavy atom. The van der Waals surface area contributed by atoms with E-state index in [2.05, 4.69) is 20.0 Å². The molecule has 0 aromatic carbocycles. The lowest BCUT2D eigenvalue weighted by Crippen LogP contribution is -2.28. The van der Waals surface area contributed by atoms with Gasteiger partial charge < -0.3 is 11.1 Å². The van der Waals surface area contributed by atoms with Crippen LogP contribution in [-0.4, -0.2) is 37.7 Å². The average Bonchev–Trinajstić information content (AvgIpc) is 2.21. The third-order valence-corrected chi connectivity index (χ3v) is 2.94. The summed E-state index contributed by atoms with van der Waals surface area (Å²) in [4.78, 5) is 8.55. The van der Waals surface area contributed by atoms with E-state index in [4.69, 9.17) is 5.73 Å². The Morgan fingerprint density at radius 1 is 1.26 bits per heavy atom. The fourth-order valence-electron chi connectivity index (χ4n) is 1.32. The highest BCUT2D eigenvalue weighted by molar-refractivity contribution is 7.88. The van der Waals surface area contributed by atoms with Crippen LogP contribution in [0.25, 0.3) is 0 Å². The second kappa shape index (κ2) is 5.70. The van der Waals surface area contributed by atoms with Crippen molar-refractivity contribution < 1.29 is 8.42 Å². The highest BCUT2D eigenvalue weighted by atomic mass is 32.2. The molecule has 0 radical (unpaired) electrons. The van der Waals surface area contributed by atoms with E-state index in [1.54, 1.807) is 6.07 Å². The van der Waals surface area contributed by atoms with Gasteiger partial charge in [-0.1, -0.05) is 20.8 Å². The number of sulfonamides is 1. The van der Waals surface area contributed by atoms with Crippen molar-refractivity contribution in [3.8, 4) is 0 Å². The van der Waals surface area contributed by atoms with Gasteiger partial charge >= 0.3 is 0 Å². The van der Waals surface area contributed by atoms with E-state index in [1.165, 1.54) is 0 Å². The molecule has 0 aliphatic carbocycles. The molecule has 8 heteroatoms. The highest BCUT2D eigenvalue weighted by Gasteiger charge is 2.18. The normalized spacial score (nSPS) is 12.4. The molecule has 0 saturated heterocycles. The van der Waals surface area contributed by atoms with Gasteiger partial charge in [-0.2, -0.15) is 0 Å². The maximum atomic E-state index is 10.9. The fourth-order valence-corrected chi connectivity index (χ4v) is 1.79. The van der Waals surface area contributed by atoms with Gasteiger partial charge in [-0.05, 0) is 0 Å². The van der Waals surface area contributed by atoms with Crippen molar-refractivity contribution in [2.24, 2.45) is 0 Å². The van der Waals surface area contributed by atoms with Gasteiger partial charge in [0.15, 0.2) is 0 Å². The van der Waals surface area contributed by atoms with Crippen molar-refractivity contribution in [2.45, 2.75) is 26.2 Å². The van der Waals surface area contributed by atoms with Crippen LogP contribution in [-0.2, 0) is 15.4 Å². The minimum absolute atomic E-state index is 0.198. The molecule has 0 aliphatic rings. The Bertz CT molecular complexity index is 537. The number of nitrogens with two attached hydrogens (primary N) is 1. The highest BCUT2D eigenvalue weighted by Crippen LogP contribution is 2.20. The summed E-state index contributed by atoms with van der Waals surface area (Å²) in [5, 5.41) is 3.01. The van der Waals surface area contributed by atoms with Crippen LogP contribution in [0.4, 0.5) is 11.6 Å². The number of nitrogens with one attached hydrogen (secondary N) is 2. The maximum absolute atomic E-state index is 10.9. The summed E-state index contributed by atoms with van der Waals surface area (Å²) in [6.07, 6.45) is 1.12. The van der Waals surface area contributed by atoms with Crippen molar-refractivity contribution >= 4 is 21.7 Å². The van der Waals surface area contributed by atoms with E-state index in [9.17, 15) is 8.42 Å². The molecule has 0 bridgehead atoms. The summed E-state index contributed by atoms with van der Waals surface area (Å²) in [6, 6.07) is 1.62. The van der Waals surface area contributed by atoms with Gasteiger partial charge in [0, 0.05) is 24.6 Å². The molecule has 1 rings (SSSR count). The maximum Gasteiger partial charge on any atom is 0.208 e. The van der Waals surface area contributed by atoms with Crippen LogP contribution in [0.1, 0.15) is 26.6 Å². The molecule has 0 amide bonds. The first-order chi connectivity index (χ1) is 8.58. The third-order valence-electron chi connectivity index (χ3n) is 2.21. The van der Waals surface area contributed by atoms with E-state index in [-0.39, 0.29) is 12.0 Å². The predicted octanol–water partition coefficient (Wildman–Crippen LogP) is 0.317. The summed E-state index contributed by atoms with van der Waals surface area (Å²) in [5.41, 5.74) is 5.53. The first-order valence-corrected chi connectivity index (χ1v) is 7.80. The summed E-state index contributed by atoms with van der Waals surface area (Å²) >= 11 is 0. The van der Waals surface area contributed by atoms with Gasteiger partial charge in [-0.25, -0.2) is 23.1 Å². The van der Waals surface area contributed by atoms with Gasteiger partial charge in [0.1, 0.15) is 17.5 Å². The number of anilines is 2. The molecule has 7 nitrogen and oxygen atoms in total. The van der Waals surface area contributed by atoms with E-state index in [0.717, 1.165) is 6.26 Å². The van der Waals surface area contributed by atoms with Crippen molar-refractivity contribution in [3.05, 3.63) is 11.9 Å². The van der Waals surface area contributed by atoms with E-state index in [1.807, 2.05) is 20.8 Å². The Kier molecular flexibility index (Phi) is 4.70. The largest absolute Gasteiger partial charge is 0.384 e. The second-order valence-corrected chi connectivity index (χ2v) is 7.18. The average molecular weight is 287 g/mol. The van der Waals surface area contributed by atoms with Crippen LogP contribution < -0.4 is 15.8 Å². The SMILES string of the molecule is CC(C)(C)c1nc(N)cc(NCCNS(C)(=O)=O)n1. The predicted molar refractivity (Wildman–Crippen MR) is 76.5 cm³/mol. The van der Waals surface area contributed by atoms with Crippen molar-refractivity contribution in [3.63, 3.8) is 0 Å². The molecule has 0 unspecified atom stereocenters. The molecule has 0 aliphatic heterocycles. The minimum atomic E-state index is -3.17. The van der Waals surface area contributed by atoms with Gasteiger partial charge in [-0.3, -0.25) is 0 Å². The first kappa shape index (κ1) is 15.6. The zero-order valence-corrected chi connectivity index (χ0v) is 12.5. The lowest BCUT2D eigenvalue weighted by molar-refractivity contribution is 0.547. The van der Waals surface area contributed by atoms with Gasteiger partial charge in [0.25, 0.3) is 0 Å². The Balaban J connectivity index is 2.67. The topological polar surface area (TPSA) is 110 Å². The zero-order chi connectivity index (χ0) is 14.7. The van der Waals surface area contributed by atoms with Crippen molar-refractivity contribution in [1.82, 2.24) is 14.7 Å². The van der Waals surface area contributed by atoms with Gasteiger partial charge in [0.2, 0.25) is 10.0 Å². The Morgan fingerprint density at radius 3 is 2.42 bits per heavy atom. The molecule has 0 fully saturated rings. The number of aromatic nitrogens is 2. The van der Waals surface area contributed by atoms with Gasteiger partial charge in [0.05, 0.1) is 6.26 Å². The van der Waals surface area contributed by atoms with E-state index >= 15 is 0 Å². The lowest BCUT2D eigenvalue weighted by Gasteiger charge is -2.18. The van der Waals surface area contributed by atoms with Crippen molar-refractivity contribution in [2.75, 3.05) is 30.4 Å². The molecule has 1 aromatic rings. The number of rotatable bonds is 5. The Labute approximate surface area is 114 Å². The first-order valence-electron chi connectivity index (χ1n) is 5.91. The Hall–Kier alpha value is -1.41. The molecule has 0 atom stereocenters. The van der Waals surface area contributed by atoms with Crippen molar-refractivity contribution in [1.29, 1.82) is 0 Å². The molecule has 19 heavy (non-hydrogen) atoms. The number of nitrogen functional groups attached to an aromatic ring is 1. The smallest absolute Gasteiger partial charge is 0.208 e. The second-order valence-electron chi connectivity index (χ2n) is 5.34. The van der Waals surface area contributed by atoms with Crippen LogP contribution in [0, 0.1) is 0 Å². The van der Waals surface area contributed by atoms with Crippen LogP contribution in [0.15, 0.2) is 6.07 Å². The fraction of sp³-hybridized carbons (Fsp3) is 0.636. The zero-order valence-electron chi connectivity index (χ0n) is 11.7. The number of hydrogen-bond donors (Lipinski definition) is 3. The molecule has 1 aromatic heterocycles. The third kappa shape index (κ3) is 5.84. The van der Waals surface area contributed by atoms with Crippen LogP contribution in [0.3, 0.4) is 0 Å². The van der Waals surface area contributed by atoms with E-state index in [0.29, 0.717) is 24.0 Å². The lowest BCUT2D eigenvalue weighted by atomic mass is 9.96. The monoisotopic (exact) mass is 287 g/mol. The van der Waals surface area contributed by atoms with Gasteiger partial charge in [-0.15, -0.1) is 0 Å². The van der Waals surface area contributed by atoms with Crippen LogP contribution in [0.5, 0.6) is 0 Å². The molecule has 108 valence electrons. The quantitative estimate of drug-likeness (QED) is 0.673.